The Bertz CT molecular complexity index is 367. The highest BCUT2D eigenvalue weighted by atomic mass is 32.1. The molecular formula is C15H26N2O2S. The van der Waals surface area contributed by atoms with E-state index in [-0.39, 0.29) is 6.10 Å². The van der Waals surface area contributed by atoms with Gasteiger partial charge in [0, 0.05) is 42.9 Å². The summed E-state index contributed by atoms with van der Waals surface area (Å²) < 4.78 is 11.8. The lowest BCUT2D eigenvalue weighted by Crippen LogP contribution is -2.35. The quantitative estimate of drug-likeness (QED) is 0.782. The molecule has 4 nitrogen and oxygen atoms in total. The molecule has 0 bridgehead atoms. The number of allylic oxidation sites excluding steroid dienone is 1. The second-order valence-corrected chi connectivity index (χ2v) is 6.66. The third-order valence-electron chi connectivity index (χ3n) is 4.78. The third-order valence-corrected chi connectivity index (χ3v) is 5.36. The van der Waals surface area contributed by atoms with E-state index in [2.05, 4.69) is 17.5 Å². The number of nitrogens with zero attached hydrogens (tertiary/aromatic N) is 1. The third kappa shape index (κ3) is 3.32. The van der Waals surface area contributed by atoms with Crippen LogP contribution in [0.1, 0.15) is 38.5 Å². The fourth-order valence-electron chi connectivity index (χ4n) is 3.57. The fourth-order valence-corrected chi connectivity index (χ4v) is 3.87. The molecule has 2 unspecified atom stereocenters. The summed E-state index contributed by atoms with van der Waals surface area (Å²) in [7, 11) is 0. The Morgan fingerprint density at radius 1 is 1.20 bits per heavy atom. The molecule has 114 valence electrons. The van der Waals surface area contributed by atoms with Crippen LogP contribution in [0.4, 0.5) is 0 Å². The highest BCUT2D eigenvalue weighted by Crippen LogP contribution is 2.31. The maximum absolute atomic E-state index is 6.22. The molecule has 2 saturated heterocycles. The van der Waals surface area contributed by atoms with E-state index in [1.165, 1.54) is 19.3 Å². The monoisotopic (exact) mass is 298 g/mol. The summed E-state index contributed by atoms with van der Waals surface area (Å²) in [6, 6.07) is 0.686. The molecule has 0 saturated carbocycles. The smallest absolute Gasteiger partial charge is 0.0905 e. The summed E-state index contributed by atoms with van der Waals surface area (Å²) in [6.45, 7) is 4.06. The van der Waals surface area contributed by atoms with Crippen molar-refractivity contribution >= 4 is 12.6 Å². The number of rotatable bonds is 3. The van der Waals surface area contributed by atoms with Gasteiger partial charge in [-0.15, -0.1) is 12.6 Å². The summed E-state index contributed by atoms with van der Waals surface area (Å²) in [6.07, 6.45) is 7.17. The minimum absolute atomic E-state index is 0.140. The van der Waals surface area contributed by atoms with Crippen LogP contribution < -0.4 is 5.73 Å². The SMILES string of the molecule is NC1=C(S)C(O[C@@H]2CCN(C3CCCOCC3)C2)CC1. The van der Waals surface area contributed by atoms with E-state index in [9.17, 15) is 0 Å². The number of hydrogen-bond donors (Lipinski definition) is 2. The van der Waals surface area contributed by atoms with E-state index in [0.29, 0.717) is 12.1 Å². The maximum Gasteiger partial charge on any atom is 0.0905 e. The summed E-state index contributed by atoms with van der Waals surface area (Å²) in [5, 5.41) is 0. The van der Waals surface area contributed by atoms with Gasteiger partial charge in [0.1, 0.15) is 0 Å². The van der Waals surface area contributed by atoms with Crippen LogP contribution in [-0.4, -0.2) is 49.5 Å². The molecule has 2 aliphatic heterocycles. The summed E-state index contributed by atoms with van der Waals surface area (Å²) >= 11 is 4.49. The minimum atomic E-state index is 0.140. The van der Waals surface area contributed by atoms with Gasteiger partial charge in [0.25, 0.3) is 0 Å². The first kappa shape index (κ1) is 14.7. The van der Waals surface area contributed by atoms with Crippen LogP contribution in [0.5, 0.6) is 0 Å². The van der Waals surface area contributed by atoms with E-state index in [1.807, 2.05) is 0 Å². The number of ether oxygens (including phenoxy) is 2. The van der Waals surface area contributed by atoms with Gasteiger partial charge < -0.3 is 15.2 Å². The van der Waals surface area contributed by atoms with Crippen molar-refractivity contribution in [3.05, 3.63) is 10.6 Å². The Balaban J connectivity index is 1.49. The van der Waals surface area contributed by atoms with Gasteiger partial charge in [0.05, 0.1) is 12.2 Å². The van der Waals surface area contributed by atoms with Gasteiger partial charge in [-0.1, -0.05) is 0 Å². The van der Waals surface area contributed by atoms with Crippen molar-refractivity contribution in [2.75, 3.05) is 26.3 Å². The zero-order chi connectivity index (χ0) is 13.9. The fraction of sp³-hybridized carbons (Fsp3) is 0.867. The van der Waals surface area contributed by atoms with Crippen LogP contribution in [0.3, 0.4) is 0 Å². The van der Waals surface area contributed by atoms with Crippen molar-refractivity contribution in [2.45, 2.75) is 56.8 Å². The largest absolute Gasteiger partial charge is 0.401 e. The Kier molecular flexibility index (Phi) is 4.91. The molecule has 2 fully saturated rings. The van der Waals surface area contributed by atoms with Gasteiger partial charge in [-0.05, 0) is 38.5 Å². The lowest BCUT2D eigenvalue weighted by Gasteiger charge is -2.26. The first-order valence-corrected chi connectivity index (χ1v) is 8.33. The van der Waals surface area contributed by atoms with Crippen molar-refractivity contribution in [3.8, 4) is 0 Å². The maximum atomic E-state index is 6.22. The normalized spacial score (nSPS) is 36.5. The zero-order valence-corrected chi connectivity index (χ0v) is 13.0. The average molecular weight is 298 g/mol. The molecule has 5 heteroatoms. The molecule has 3 atom stereocenters. The first-order chi connectivity index (χ1) is 9.74. The van der Waals surface area contributed by atoms with Gasteiger partial charge >= 0.3 is 0 Å². The molecule has 0 radical (unpaired) electrons. The van der Waals surface area contributed by atoms with Crippen LogP contribution >= 0.6 is 12.6 Å². The lowest BCUT2D eigenvalue weighted by molar-refractivity contribution is 0.0147. The Morgan fingerprint density at radius 2 is 2.10 bits per heavy atom. The van der Waals surface area contributed by atoms with Crippen LogP contribution in [0.25, 0.3) is 0 Å². The molecule has 0 aromatic carbocycles. The first-order valence-electron chi connectivity index (χ1n) is 7.89. The molecule has 20 heavy (non-hydrogen) atoms. The van der Waals surface area contributed by atoms with E-state index in [1.54, 1.807) is 0 Å². The lowest BCUT2D eigenvalue weighted by atomic mass is 10.1. The molecule has 3 rings (SSSR count). The Labute approximate surface area is 127 Å². The van der Waals surface area contributed by atoms with Crippen molar-refractivity contribution < 1.29 is 9.47 Å². The summed E-state index contributed by atoms with van der Waals surface area (Å²) in [5.41, 5.74) is 6.81. The van der Waals surface area contributed by atoms with E-state index >= 15 is 0 Å². The van der Waals surface area contributed by atoms with Crippen LogP contribution in [0, 0.1) is 0 Å². The molecule has 1 aliphatic carbocycles. The average Bonchev–Trinajstić information content (AvgIpc) is 2.91. The molecule has 0 aromatic rings. The van der Waals surface area contributed by atoms with Crippen LogP contribution in [0.2, 0.25) is 0 Å². The number of likely N-dealkylation sites (tertiary alicyclic amines) is 1. The minimum Gasteiger partial charge on any atom is -0.401 e. The van der Waals surface area contributed by atoms with Crippen molar-refractivity contribution in [1.82, 2.24) is 4.90 Å². The van der Waals surface area contributed by atoms with Crippen LogP contribution in [0.15, 0.2) is 10.6 Å². The number of hydrogen-bond acceptors (Lipinski definition) is 5. The van der Waals surface area contributed by atoms with Crippen LogP contribution in [-0.2, 0) is 9.47 Å². The molecule has 2 heterocycles. The molecule has 0 spiro atoms. The van der Waals surface area contributed by atoms with Crippen molar-refractivity contribution in [3.63, 3.8) is 0 Å². The van der Waals surface area contributed by atoms with Gasteiger partial charge in [0.2, 0.25) is 0 Å². The predicted molar refractivity (Wildman–Crippen MR) is 82.7 cm³/mol. The van der Waals surface area contributed by atoms with E-state index in [0.717, 1.165) is 56.2 Å². The number of nitrogens with two attached hydrogens (primary N) is 1. The predicted octanol–water partition coefficient (Wildman–Crippen LogP) is 1.91. The Hall–Kier alpha value is -0.230. The highest BCUT2D eigenvalue weighted by Gasteiger charge is 2.32. The van der Waals surface area contributed by atoms with Gasteiger partial charge in [0.15, 0.2) is 0 Å². The van der Waals surface area contributed by atoms with E-state index < -0.39 is 0 Å². The highest BCUT2D eigenvalue weighted by molar-refractivity contribution is 7.84. The molecule has 0 aromatic heterocycles. The summed E-state index contributed by atoms with van der Waals surface area (Å²) in [4.78, 5) is 3.56. The summed E-state index contributed by atoms with van der Waals surface area (Å²) in [5.74, 6) is 0. The van der Waals surface area contributed by atoms with Crippen molar-refractivity contribution in [1.29, 1.82) is 0 Å². The van der Waals surface area contributed by atoms with Gasteiger partial charge in [-0.25, -0.2) is 0 Å². The topological polar surface area (TPSA) is 47.7 Å². The second kappa shape index (κ2) is 6.69. The standard InChI is InChI=1S/C15H26N2O2S/c16-13-3-4-14(15(13)20)19-12-5-7-17(10-12)11-2-1-8-18-9-6-11/h11-12,14,20H,1-10,16H2/t11?,12-,14?/m1/s1. The molecule has 2 N–H and O–H groups in total. The van der Waals surface area contributed by atoms with Gasteiger partial charge in [-0.2, -0.15) is 0 Å². The second-order valence-electron chi connectivity index (χ2n) is 6.18. The molecule has 0 amide bonds. The Morgan fingerprint density at radius 3 is 2.90 bits per heavy atom. The van der Waals surface area contributed by atoms with E-state index in [4.69, 9.17) is 15.2 Å². The van der Waals surface area contributed by atoms with Crippen molar-refractivity contribution in [2.24, 2.45) is 5.73 Å². The molecular weight excluding hydrogens is 272 g/mol. The molecule has 3 aliphatic rings. The number of thiol groups is 1. The zero-order valence-electron chi connectivity index (χ0n) is 12.1. The van der Waals surface area contributed by atoms with Gasteiger partial charge in [-0.3, -0.25) is 4.90 Å².